The minimum atomic E-state index is -0.0620. The van der Waals surface area contributed by atoms with Crippen LogP contribution in [0.1, 0.15) is 42.5 Å². The quantitative estimate of drug-likeness (QED) is 0.739. The van der Waals surface area contributed by atoms with E-state index in [0.29, 0.717) is 18.5 Å². The summed E-state index contributed by atoms with van der Waals surface area (Å²) in [7, 11) is 0. The number of rotatable bonds is 5. The molecule has 6 heteroatoms. The molecule has 0 aromatic carbocycles. The number of hydrogen-bond acceptors (Lipinski definition) is 4. The number of nitrogens with one attached hydrogen (secondary N) is 2. The normalized spacial score (nSPS) is 21.6. The van der Waals surface area contributed by atoms with E-state index in [9.17, 15) is 9.59 Å². The molecule has 0 unspecified atom stereocenters. The lowest BCUT2D eigenvalue weighted by Gasteiger charge is -2.29. The highest BCUT2D eigenvalue weighted by molar-refractivity contribution is 5.94. The lowest BCUT2D eigenvalue weighted by atomic mass is 9.91. The van der Waals surface area contributed by atoms with Crippen LogP contribution in [0.4, 0.5) is 0 Å². The molecule has 1 aromatic heterocycles. The van der Waals surface area contributed by atoms with Crippen LogP contribution in [0.25, 0.3) is 0 Å². The summed E-state index contributed by atoms with van der Waals surface area (Å²) in [5.41, 5.74) is 5.98. The maximum absolute atomic E-state index is 12.0. The van der Waals surface area contributed by atoms with Crippen molar-refractivity contribution in [2.24, 2.45) is 5.73 Å². The molecule has 0 aliphatic heterocycles. The van der Waals surface area contributed by atoms with Gasteiger partial charge in [-0.05, 0) is 37.8 Å². The van der Waals surface area contributed by atoms with Crippen molar-refractivity contribution < 1.29 is 9.59 Å². The van der Waals surface area contributed by atoms with Crippen molar-refractivity contribution in [1.82, 2.24) is 15.6 Å². The molecule has 1 heterocycles. The van der Waals surface area contributed by atoms with Gasteiger partial charge in [0.05, 0.1) is 0 Å². The highest BCUT2D eigenvalue weighted by atomic mass is 16.2. The Labute approximate surface area is 124 Å². The van der Waals surface area contributed by atoms with E-state index in [-0.39, 0.29) is 23.9 Å². The molecular formula is C15H22N4O2. The second-order valence-corrected chi connectivity index (χ2v) is 5.36. The summed E-state index contributed by atoms with van der Waals surface area (Å²) < 4.78 is 0. The average molecular weight is 290 g/mol. The molecule has 0 bridgehead atoms. The first-order valence-electron chi connectivity index (χ1n) is 7.39. The van der Waals surface area contributed by atoms with Crippen LogP contribution in [-0.4, -0.2) is 35.4 Å². The molecule has 1 fully saturated rings. The summed E-state index contributed by atoms with van der Waals surface area (Å²) in [6.45, 7) is 0.378. The standard InChI is InChI=1S/C15H22N4O2/c16-8-5-14(20)18-12-1-3-13(4-2-12)19-15(21)11-6-9-17-10-7-11/h6-7,9-10,12-13H,1-5,8,16H2,(H,18,20)(H,19,21). The van der Waals surface area contributed by atoms with Gasteiger partial charge in [-0.15, -0.1) is 0 Å². The van der Waals surface area contributed by atoms with E-state index in [1.54, 1.807) is 24.5 Å². The Morgan fingerprint density at radius 2 is 1.67 bits per heavy atom. The molecule has 1 aliphatic carbocycles. The maximum Gasteiger partial charge on any atom is 0.251 e. The first-order valence-corrected chi connectivity index (χ1v) is 7.39. The molecule has 21 heavy (non-hydrogen) atoms. The van der Waals surface area contributed by atoms with E-state index in [1.165, 1.54) is 0 Å². The summed E-state index contributed by atoms with van der Waals surface area (Å²) in [6.07, 6.45) is 7.13. The average Bonchev–Trinajstić information content (AvgIpc) is 2.50. The highest BCUT2D eigenvalue weighted by Gasteiger charge is 2.23. The van der Waals surface area contributed by atoms with Gasteiger partial charge in [-0.2, -0.15) is 0 Å². The molecule has 2 amide bonds. The minimum absolute atomic E-state index is 0.0155. The van der Waals surface area contributed by atoms with Gasteiger partial charge in [-0.3, -0.25) is 14.6 Å². The van der Waals surface area contributed by atoms with Gasteiger partial charge in [-0.25, -0.2) is 0 Å². The second-order valence-electron chi connectivity index (χ2n) is 5.36. The molecule has 0 radical (unpaired) electrons. The van der Waals surface area contributed by atoms with Gasteiger partial charge in [0.25, 0.3) is 5.91 Å². The molecular weight excluding hydrogens is 268 g/mol. The summed E-state index contributed by atoms with van der Waals surface area (Å²) in [6, 6.07) is 3.79. The van der Waals surface area contributed by atoms with Crippen LogP contribution in [0.5, 0.6) is 0 Å². The number of nitrogens with zero attached hydrogens (tertiary/aromatic N) is 1. The smallest absolute Gasteiger partial charge is 0.251 e. The van der Waals surface area contributed by atoms with E-state index in [0.717, 1.165) is 25.7 Å². The van der Waals surface area contributed by atoms with E-state index in [4.69, 9.17) is 5.73 Å². The number of aromatic nitrogens is 1. The van der Waals surface area contributed by atoms with Gasteiger partial charge < -0.3 is 16.4 Å². The molecule has 1 saturated carbocycles. The number of carbonyl (C=O) groups excluding carboxylic acids is 2. The Morgan fingerprint density at radius 3 is 2.24 bits per heavy atom. The number of pyridine rings is 1. The fraction of sp³-hybridized carbons (Fsp3) is 0.533. The summed E-state index contributed by atoms with van der Waals surface area (Å²) >= 11 is 0. The van der Waals surface area contributed by atoms with E-state index >= 15 is 0 Å². The number of carbonyl (C=O) groups is 2. The molecule has 0 spiro atoms. The first-order chi connectivity index (χ1) is 10.2. The number of amides is 2. The van der Waals surface area contributed by atoms with Crippen molar-refractivity contribution in [2.75, 3.05) is 6.54 Å². The largest absolute Gasteiger partial charge is 0.353 e. The lowest BCUT2D eigenvalue weighted by molar-refractivity contribution is -0.121. The summed E-state index contributed by atoms with van der Waals surface area (Å²) in [4.78, 5) is 27.4. The van der Waals surface area contributed by atoms with Gasteiger partial charge in [0, 0.05) is 43.0 Å². The van der Waals surface area contributed by atoms with Gasteiger partial charge in [0.1, 0.15) is 0 Å². The van der Waals surface area contributed by atoms with E-state index < -0.39 is 0 Å². The van der Waals surface area contributed by atoms with Crippen molar-refractivity contribution in [3.8, 4) is 0 Å². The Morgan fingerprint density at radius 1 is 1.10 bits per heavy atom. The van der Waals surface area contributed by atoms with Crippen molar-refractivity contribution in [1.29, 1.82) is 0 Å². The predicted molar refractivity (Wildman–Crippen MR) is 79.6 cm³/mol. The topological polar surface area (TPSA) is 97.1 Å². The van der Waals surface area contributed by atoms with Crippen molar-refractivity contribution >= 4 is 11.8 Å². The monoisotopic (exact) mass is 290 g/mol. The Hall–Kier alpha value is -1.95. The second kappa shape index (κ2) is 7.73. The molecule has 4 N–H and O–H groups in total. The molecule has 0 atom stereocenters. The summed E-state index contributed by atoms with van der Waals surface area (Å²) in [5, 5.41) is 6.02. The SMILES string of the molecule is NCCC(=O)NC1CCC(NC(=O)c2ccncc2)CC1. The van der Waals surface area contributed by atoms with Crippen LogP contribution in [0.3, 0.4) is 0 Å². The number of nitrogens with two attached hydrogens (primary N) is 1. The van der Waals surface area contributed by atoms with Crippen LogP contribution >= 0.6 is 0 Å². The van der Waals surface area contributed by atoms with Crippen LogP contribution in [0.15, 0.2) is 24.5 Å². The zero-order valence-corrected chi connectivity index (χ0v) is 12.0. The fourth-order valence-corrected chi connectivity index (χ4v) is 2.59. The lowest BCUT2D eigenvalue weighted by Crippen LogP contribution is -2.44. The van der Waals surface area contributed by atoms with Gasteiger partial charge in [0.15, 0.2) is 0 Å². The third-order valence-electron chi connectivity index (χ3n) is 3.74. The Kier molecular flexibility index (Phi) is 5.68. The van der Waals surface area contributed by atoms with Crippen LogP contribution in [-0.2, 0) is 4.79 Å². The third-order valence-corrected chi connectivity index (χ3v) is 3.74. The minimum Gasteiger partial charge on any atom is -0.353 e. The van der Waals surface area contributed by atoms with Crippen LogP contribution in [0.2, 0.25) is 0 Å². The van der Waals surface area contributed by atoms with Crippen LogP contribution in [0, 0.1) is 0 Å². The van der Waals surface area contributed by atoms with Gasteiger partial charge in [0.2, 0.25) is 5.91 Å². The summed E-state index contributed by atoms with van der Waals surface area (Å²) in [5.74, 6) is -0.0465. The molecule has 1 aliphatic rings. The fourth-order valence-electron chi connectivity index (χ4n) is 2.59. The Balaban J connectivity index is 1.74. The molecule has 114 valence electrons. The van der Waals surface area contributed by atoms with Crippen LogP contribution < -0.4 is 16.4 Å². The van der Waals surface area contributed by atoms with E-state index in [2.05, 4.69) is 15.6 Å². The highest BCUT2D eigenvalue weighted by Crippen LogP contribution is 2.19. The van der Waals surface area contributed by atoms with Crippen molar-refractivity contribution in [2.45, 2.75) is 44.2 Å². The van der Waals surface area contributed by atoms with E-state index in [1.807, 2.05) is 0 Å². The molecule has 1 aromatic rings. The number of hydrogen-bond donors (Lipinski definition) is 3. The molecule has 0 saturated heterocycles. The Bertz CT molecular complexity index is 470. The predicted octanol–water partition coefficient (Wildman–Crippen LogP) is 0.588. The first kappa shape index (κ1) is 15.4. The maximum atomic E-state index is 12.0. The zero-order chi connectivity index (χ0) is 15.1. The molecule has 2 rings (SSSR count). The zero-order valence-electron chi connectivity index (χ0n) is 12.0. The molecule has 6 nitrogen and oxygen atoms in total. The van der Waals surface area contributed by atoms with Gasteiger partial charge >= 0.3 is 0 Å². The van der Waals surface area contributed by atoms with Crippen molar-refractivity contribution in [3.05, 3.63) is 30.1 Å². The van der Waals surface area contributed by atoms with Gasteiger partial charge in [-0.1, -0.05) is 0 Å². The van der Waals surface area contributed by atoms with Crippen molar-refractivity contribution in [3.63, 3.8) is 0 Å². The third kappa shape index (κ3) is 4.82.